The topological polar surface area (TPSA) is 29.3 Å². The van der Waals surface area contributed by atoms with E-state index < -0.39 is 0 Å². The van der Waals surface area contributed by atoms with Gasteiger partial charge in [-0.05, 0) is 44.0 Å². The van der Waals surface area contributed by atoms with E-state index in [1.165, 1.54) is 37.1 Å². The minimum absolute atomic E-state index is 0.499. The van der Waals surface area contributed by atoms with Gasteiger partial charge >= 0.3 is 0 Å². The van der Waals surface area contributed by atoms with E-state index in [0.29, 0.717) is 5.92 Å². The molecule has 2 rings (SSSR count). The van der Waals surface area contributed by atoms with Crippen molar-refractivity contribution in [1.82, 2.24) is 4.90 Å². The molecule has 1 aliphatic rings. The summed E-state index contributed by atoms with van der Waals surface area (Å²) < 4.78 is 0. The first-order chi connectivity index (χ1) is 7.81. The van der Waals surface area contributed by atoms with E-state index >= 15 is 0 Å². The largest absolute Gasteiger partial charge is 0.330 e. The molecule has 0 spiro atoms. The number of rotatable bonds is 4. The van der Waals surface area contributed by atoms with Gasteiger partial charge in [0.15, 0.2) is 0 Å². The Morgan fingerprint density at radius 1 is 1.25 bits per heavy atom. The zero-order valence-corrected chi connectivity index (χ0v) is 10.2. The molecule has 88 valence electrons. The van der Waals surface area contributed by atoms with Crippen LogP contribution in [-0.2, 0) is 0 Å². The minimum Gasteiger partial charge on any atom is -0.330 e. The molecule has 1 atom stereocenters. The molecular weight excluding hydrogens is 196 g/mol. The SMILES string of the molecule is Cc1ccccc1C(CN)CN1CCCC1. The molecule has 0 aliphatic carbocycles. The van der Waals surface area contributed by atoms with Gasteiger partial charge in [0.25, 0.3) is 0 Å². The predicted octanol–water partition coefficient (Wildman–Crippen LogP) is 2.13. The van der Waals surface area contributed by atoms with Gasteiger partial charge in [-0.25, -0.2) is 0 Å². The van der Waals surface area contributed by atoms with E-state index in [0.717, 1.165) is 13.1 Å². The molecule has 0 amide bonds. The van der Waals surface area contributed by atoms with Gasteiger partial charge in [0, 0.05) is 19.0 Å². The molecule has 1 fully saturated rings. The molecule has 0 radical (unpaired) electrons. The van der Waals surface area contributed by atoms with Crippen molar-refractivity contribution < 1.29 is 0 Å². The number of aryl methyl sites for hydroxylation is 1. The Morgan fingerprint density at radius 3 is 2.56 bits per heavy atom. The van der Waals surface area contributed by atoms with E-state index in [-0.39, 0.29) is 0 Å². The molecule has 1 aromatic carbocycles. The maximum absolute atomic E-state index is 5.93. The third-order valence-electron chi connectivity index (χ3n) is 3.59. The van der Waals surface area contributed by atoms with Crippen molar-refractivity contribution in [1.29, 1.82) is 0 Å². The summed E-state index contributed by atoms with van der Waals surface area (Å²) >= 11 is 0. The summed E-state index contributed by atoms with van der Waals surface area (Å²) in [6, 6.07) is 8.63. The predicted molar refractivity (Wildman–Crippen MR) is 68.6 cm³/mol. The summed E-state index contributed by atoms with van der Waals surface area (Å²) in [6.07, 6.45) is 2.70. The van der Waals surface area contributed by atoms with Gasteiger partial charge in [-0.2, -0.15) is 0 Å². The second-order valence-corrected chi connectivity index (χ2v) is 4.80. The first-order valence-electron chi connectivity index (χ1n) is 6.29. The highest BCUT2D eigenvalue weighted by molar-refractivity contribution is 5.29. The molecule has 1 unspecified atom stereocenters. The van der Waals surface area contributed by atoms with Gasteiger partial charge in [0.05, 0.1) is 0 Å². The fraction of sp³-hybridized carbons (Fsp3) is 0.571. The van der Waals surface area contributed by atoms with Crippen LogP contribution >= 0.6 is 0 Å². The minimum atomic E-state index is 0.499. The van der Waals surface area contributed by atoms with Crippen molar-refractivity contribution in [2.45, 2.75) is 25.7 Å². The standard InChI is InChI=1S/C14H22N2/c1-12-6-2-3-7-14(12)13(10-15)11-16-8-4-5-9-16/h2-3,6-7,13H,4-5,8-11,15H2,1H3. The summed E-state index contributed by atoms with van der Waals surface area (Å²) in [5.41, 5.74) is 8.73. The van der Waals surface area contributed by atoms with Crippen LogP contribution in [0.2, 0.25) is 0 Å². The molecule has 2 heteroatoms. The first kappa shape index (κ1) is 11.6. The van der Waals surface area contributed by atoms with Crippen molar-refractivity contribution in [3.63, 3.8) is 0 Å². The summed E-state index contributed by atoms with van der Waals surface area (Å²) in [4.78, 5) is 2.55. The number of nitrogens with zero attached hydrogens (tertiary/aromatic N) is 1. The van der Waals surface area contributed by atoms with E-state index in [1.807, 2.05) is 0 Å². The van der Waals surface area contributed by atoms with Crippen molar-refractivity contribution in [3.05, 3.63) is 35.4 Å². The Balaban J connectivity index is 2.06. The quantitative estimate of drug-likeness (QED) is 0.839. The molecule has 1 aliphatic heterocycles. The number of likely N-dealkylation sites (tertiary alicyclic amines) is 1. The fourth-order valence-corrected chi connectivity index (χ4v) is 2.62. The lowest BCUT2D eigenvalue weighted by atomic mass is 9.94. The van der Waals surface area contributed by atoms with Gasteiger partial charge in [0.1, 0.15) is 0 Å². The molecule has 1 heterocycles. The Morgan fingerprint density at radius 2 is 1.94 bits per heavy atom. The zero-order valence-electron chi connectivity index (χ0n) is 10.2. The third kappa shape index (κ3) is 2.63. The third-order valence-corrected chi connectivity index (χ3v) is 3.59. The van der Waals surface area contributed by atoms with Gasteiger partial charge in [-0.15, -0.1) is 0 Å². The monoisotopic (exact) mass is 218 g/mol. The summed E-state index contributed by atoms with van der Waals surface area (Å²) in [6.45, 7) is 6.56. The Hall–Kier alpha value is -0.860. The molecule has 0 bridgehead atoms. The molecular formula is C14H22N2. The van der Waals surface area contributed by atoms with E-state index in [2.05, 4.69) is 36.1 Å². The average molecular weight is 218 g/mol. The molecule has 1 saturated heterocycles. The van der Waals surface area contributed by atoms with Gasteiger partial charge in [-0.3, -0.25) is 0 Å². The van der Waals surface area contributed by atoms with Crippen LogP contribution in [0.1, 0.15) is 29.9 Å². The lowest BCUT2D eigenvalue weighted by Gasteiger charge is -2.23. The van der Waals surface area contributed by atoms with Crippen LogP contribution in [0, 0.1) is 6.92 Å². The van der Waals surface area contributed by atoms with Gasteiger partial charge in [-0.1, -0.05) is 24.3 Å². The maximum atomic E-state index is 5.93. The highest BCUT2D eigenvalue weighted by Crippen LogP contribution is 2.21. The maximum Gasteiger partial charge on any atom is 0.00914 e. The van der Waals surface area contributed by atoms with E-state index in [1.54, 1.807) is 0 Å². The smallest absolute Gasteiger partial charge is 0.00914 e. The van der Waals surface area contributed by atoms with Crippen LogP contribution in [0.15, 0.2) is 24.3 Å². The molecule has 16 heavy (non-hydrogen) atoms. The molecule has 2 N–H and O–H groups in total. The fourth-order valence-electron chi connectivity index (χ4n) is 2.62. The zero-order chi connectivity index (χ0) is 11.4. The number of benzene rings is 1. The van der Waals surface area contributed by atoms with Crippen molar-refractivity contribution >= 4 is 0 Å². The second kappa shape index (κ2) is 5.46. The average Bonchev–Trinajstić information content (AvgIpc) is 2.80. The van der Waals surface area contributed by atoms with Gasteiger partial charge in [0.2, 0.25) is 0 Å². The molecule has 1 aromatic rings. The number of hydrogen-bond acceptors (Lipinski definition) is 2. The van der Waals surface area contributed by atoms with Crippen LogP contribution in [0.4, 0.5) is 0 Å². The van der Waals surface area contributed by atoms with Crippen LogP contribution in [0.5, 0.6) is 0 Å². The highest BCUT2D eigenvalue weighted by atomic mass is 15.1. The molecule has 2 nitrogen and oxygen atoms in total. The highest BCUT2D eigenvalue weighted by Gasteiger charge is 2.18. The summed E-state index contributed by atoms with van der Waals surface area (Å²) in [7, 11) is 0. The first-order valence-corrected chi connectivity index (χ1v) is 6.29. The van der Waals surface area contributed by atoms with Gasteiger partial charge < -0.3 is 10.6 Å². The Bertz CT molecular complexity index is 329. The Kier molecular flexibility index (Phi) is 3.97. The summed E-state index contributed by atoms with van der Waals surface area (Å²) in [5.74, 6) is 0.499. The molecule has 0 saturated carbocycles. The van der Waals surface area contributed by atoms with Crippen LogP contribution in [0.25, 0.3) is 0 Å². The van der Waals surface area contributed by atoms with Crippen molar-refractivity contribution in [2.24, 2.45) is 5.73 Å². The lowest BCUT2D eigenvalue weighted by Crippen LogP contribution is -2.29. The summed E-state index contributed by atoms with van der Waals surface area (Å²) in [5, 5.41) is 0. The second-order valence-electron chi connectivity index (χ2n) is 4.80. The lowest BCUT2D eigenvalue weighted by molar-refractivity contribution is 0.315. The number of hydrogen-bond donors (Lipinski definition) is 1. The van der Waals surface area contributed by atoms with E-state index in [9.17, 15) is 0 Å². The van der Waals surface area contributed by atoms with E-state index in [4.69, 9.17) is 5.73 Å². The molecule has 0 aromatic heterocycles. The van der Waals surface area contributed by atoms with Crippen LogP contribution in [0.3, 0.4) is 0 Å². The van der Waals surface area contributed by atoms with Crippen molar-refractivity contribution in [2.75, 3.05) is 26.2 Å². The number of nitrogens with two attached hydrogens (primary N) is 1. The van der Waals surface area contributed by atoms with Crippen LogP contribution in [-0.4, -0.2) is 31.1 Å². The Labute approximate surface area is 98.4 Å². The van der Waals surface area contributed by atoms with Crippen LogP contribution < -0.4 is 5.73 Å². The normalized spacial score (nSPS) is 18.9. The van der Waals surface area contributed by atoms with Crippen molar-refractivity contribution in [3.8, 4) is 0 Å².